The molecule has 4 heterocycles. The SMILES string of the molecule is COc1cc(Nc2ccnc(-c3ccc4cc(-c5nccs5)[nH]c4c3)n2)ccc1-c1cn[nH]c1. The average Bonchev–Trinajstić information content (AvgIpc) is 3.65. The summed E-state index contributed by atoms with van der Waals surface area (Å²) in [6.07, 6.45) is 7.16. The predicted molar refractivity (Wildman–Crippen MR) is 134 cm³/mol. The number of aromatic amines is 2. The quantitative estimate of drug-likeness (QED) is 0.283. The molecule has 0 aliphatic carbocycles. The number of benzene rings is 2. The second kappa shape index (κ2) is 8.45. The molecule has 0 amide bonds. The Morgan fingerprint density at radius 2 is 1.94 bits per heavy atom. The lowest BCUT2D eigenvalue weighted by Crippen LogP contribution is -1.98. The first-order valence-electron chi connectivity index (χ1n) is 10.6. The minimum absolute atomic E-state index is 0.638. The molecule has 9 heteroatoms. The molecule has 0 spiro atoms. The van der Waals surface area contributed by atoms with Crippen LogP contribution in [0.2, 0.25) is 0 Å². The zero-order chi connectivity index (χ0) is 22.9. The normalized spacial score (nSPS) is 11.1. The van der Waals surface area contributed by atoms with Crippen molar-refractivity contribution in [2.24, 2.45) is 0 Å². The van der Waals surface area contributed by atoms with Crippen LogP contribution >= 0.6 is 11.3 Å². The highest BCUT2D eigenvalue weighted by Gasteiger charge is 2.11. The number of H-pyrrole nitrogens is 2. The van der Waals surface area contributed by atoms with Crippen LogP contribution in [0.15, 0.2) is 78.7 Å². The van der Waals surface area contributed by atoms with Gasteiger partial charge in [0.1, 0.15) is 16.6 Å². The van der Waals surface area contributed by atoms with Gasteiger partial charge in [-0.15, -0.1) is 11.3 Å². The summed E-state index contributed by atoms with van der Waals surface area (Å²) < 4.78 is 5.59. The highest BCUT2D eigenvalue weighted by Crippen LogP contribution is 2.33. The molecule has 34 heavy (non-hydrogen) atoms. The zero-order valence-electron chi connectivity index (χ0n) is 18.1. The smallest absolute Gasteiger partial charge is 0.161 e. The van der Waals surface area contributed by atoms with E-state index in [1.54, 1.807) is 30.8 Å². The minimum Gasteiger partial charge on any atom is -0.496 e. The molecule has 0 aliphatic heterocycles. The van der Waals surface area contributed by atoms with E-state index in [-0.39, 0.29) is 0 Å². The molecule has 0 unspecified atom stereocenters. The van der Waals surface area contributed by atoms with Gasteiger partial charge >= 0.3 is 0 Å². The maximum Gasteiger partial charge on any atom is 0.161 e. The summed E-state index contributed by atoms with van der Waals surface area (Å²) in [6.45, 7) is 0. The van der Waals surface area contributed by atoms with E-state index in [9.17, 15) is 0 Å². The van der Waals surface area contributed by atoms with Gasteiger partial charge in [0.15, 0.2) is 5.82 Å². The van der Waals surface area contributed by atoms with Crippen LogP contribution in [-0.2, 0) is 0 Å². The molecule has 2 aromatic carbocycles. The minimum atomic E-state index is 0.638. The molecule has 6 rings (SSSR count). The Hall–Kier alpha value is -4.50. The van der Waals surface area contributed by atoms with Gasteiger partial charge in [-0.1, -0.05) is 12.1 Å². The fourth-order valence-corrected chi connectivity index (χ4v) is 4.47. The molecular weight excluding hydrogens is 446 g/mol. The number of nitrogens with zero attached hydrogens (tertiary/aromatic N) is 4. The van der Waals surface area contributed by atoms with E-state index >= 15 is 0 Å². The molecule has 0 saturated carbocycles. The number of fused-ring (bicyclic) bond motifs is 1. The number of nitrogens with one attached hydrogen (secondary N) is 3. The Morgan fingerprint density at radius 3 is 2.76 bits per heavy atom. The van der Waals surface area contributed by atoms with Gasteiger partial charge in [-0.05, 0) is 30.3 Å². The molecule has 0 bridgehead atoms. The topological polar surface area (TPSA) is 104 Å². The maximum absolute atomic E-state index is 5.59. The van der Waals surface area contributed by atoms with Gasteiger partial charge in [-0.2, -0.15) is 5.10 Å². The van der Waals surface area contributed by atoms with E-state index in [2.05, 4.69) is 48.7 Å². The van der Waals surface area contributed by atoms with Crippen LogP contribution in [0.25, 0.3) is 44.1 Å². The largest absolute Gasteiger partial charge is 0.496 e. The summed E-state index contributed by atoms with van der Waals surface area (Å²) in [5, 5.41) is 14.3. The Bertz CT molecular complexity index is 1570. The van der Waals surface area contributed by atoms with Crippen molar-refractivity contribution in [1.29, 1.82) is 0 Å². The molecule has 4 aromatic heterocycles. The van der Waals surface area contributed by atoms with Crippen molar-refractivity contribution in [3.05, 3.63) is 78.7 Å². The summed E-state index contributed by atoms with van der Waals surface area (Å²) in [4.78, 5) is 17.0. The molecule has 3 N–H and O–H groups in total. The highest BCUT2D eigenvalue weighted by atomic mass is 32.1. The fourth-order valence-electron chi connectivity index (χ4n) is 3.86. The fraction of sp³-hybridized carbons (Fsp3) is 0.0400. The number of aromatic nitrogens is 6. The van der Waals surface area contributed by atoms with Gasteiger partial charge in [0.25, 0.3) is 0 Å². The third-order valence-corrected chi connectivity index (χ3v) is 6.29. The number of thiazole rings is 1. The van der Waals surface area contributed by atoms with Crippen LogP contribution in [0.5, 0.6) is 5.75 Å². The monoisotopic (exact) mass is 465 g/mol. The highest BCUT2D eigenvalue weighted by molar-refractivity contribution is 7.13. The van der Waals surface area contributed by atoms with Gasteiger partial charge in [-0.3, -0.25) is 5.10 Å². The summed E-state index contributed by atoms with van der Waals surface area (Å²) in [7, 11) is 1.65. The van der Waals surface area contributed by atoms with E-state index in [1.807, 2.05) is 48.1 Å². The van der Waals surface area contributed by atoms with E-state index in [1.165, 1.54) is 0 Å². The van der Waals surface area contributed by atoms with Crippen molar-refractivity contribution in [3.8, 4) is 39.0 Å². The summed E-state index contributed by atoms with van der Waals surface area (Å²) in [5.74, 6) is 2.08. The Balaban J connectivity index is 1.28. The van der Waals surface area contributed by atoms with E-state index in [4.69, 9.17) is 9.72 Å². The third kappa shape index (κ3) is 3.78. The van der Waals surface area contributed by atoms with Crippen molar-refractivity contribution in [2.75, 3.05) is 12.4 Å². The summed E-state index contributed by atoms with van der Waals surface area (Å²) in [6, 6.07) is 16.0. The van der Waals surface area contributed by atoms with Crippen molar-refractivity contribution >= 4 is 33.7 Å². The first-order chi connectivity index (χ1) is 16.8. The number of hydrogen-bond donors (Lipinski definition) is 3. The van der Waals surface area contributed by atoms with E-state index in [0.717, 1.165) is 49.7 Å². The molecule has 166 valence electrons. The van der Waals surface area contributed by atoms with Gasteiger partial charge in [0, 0.05) is 63.3 Å². The number of rotatable bonds is 6. The van der Waals surface area contributed by atoms with Gasteiger partial charge in [0.2, 0.25) is 0 Å². The molecule has 0 aliphatic rings. The molecular formula is C25H19N7OS. The van der Waals surface area contributed by atoms with Crippen LogP contribution in [0, 0.1) is 0 Å². The zero-order valence-corrected chi connectivity index (χ0v) is 18.9. The van der Waals surface area contributed by atoms with Crippen molar-refractivity contribution in [2.45, 2.75) is 0 Å². The van der Waals surface area contributed by atoms with E-state index in [0.29, 0.717) is 11.6 Å². The van der Waals surface area contributed by atoms with Gasteiger partial charge in [-0.25, -0.2) is 15.0 Å². The van der Waals surface area contributed by atoms with Gasteiger partial charge in [0.05, 0.1) is 19.0 Å². The Labute approximate surface area is 198 Å². The van der Waals surface area contributed by atoms with Crippen LogP contribution in [-0.4, -0.2) is 37.2 Å². The predicted octanol–water partition coefficient (Wildman–Crippen LogP) is 5.89. The first kappa shape index (κ1) is 20.1. The average molecular weight is 466 g/mol. The molecule has 0 saturated heterocycles. The first-order valence-corrected chi connectivity index (χ1v) is 11.4. The molecule has 0 radical (unpaired) electrons. The van der Waals surface area contributed by atoms with Crippen molar-refractivity contribution in [1.82, 2.24) is 30.1 Å². The number of ether oxygens (including phenoxy) is 1. The molecule has 8 nitrogen and oxygen atoms in total. The molecule has 0 fully saturated rings. The lowest BCUT2D eigenvalue weighted by Gasteiger charge is -2.11. The number of hydrogen-bond acceptors (Lipinski definition) is 7. The lowest BCUT2D eigenvalue weighted by atomic mass is 10.1. The number of anilines is 2. The number of methoxy groups -OCH3 is 1. The van der Waals surface area contributed by atoms with Crippen molar-refractivity contribution in [3.63, 3.8) is 0 Å². The third-order valence-electron chi connectivity index (χ3n) is 5.48. The van der Waals surface area contributed by atoms with Crippen LogP contribution in [0.4, 0.5) is 11.5 Å². The second-order valence-corrected chi connectivity index (χ2v) is 8.51. The maximum atomic E-state index is 5.59. The van der Waals surface area contributed by atoms with Gasteiger partial charge < -0.3 is 15.0 Å². The molecule has 6 aromatic rings. The Morgan fingerprint density at radius 1 is 0.971 bits per heavy atom. The van der Waals surface area contributed by atoms with Crippen LogP contribution < -0.4 is 10.1 Å². The molecule has 0 atom stereocenters. The second-order valence-electron chi connectivity index (χ2n) is 7.61. The van der Waals surface area contributed by atoms with E-state index < -0.39 is 0 Å². The summed E-state index contributed by atoms with van der Waals surface area (Å²) in [5.41, 5.74) is 5.74. The van der Waals surface area contributed by atoms with Crippen LogP contribution in [0.1, 0.15) is 0 Å². The lowest BCUT2D eigenvalue weighted by molar-refractivity contribution is 0.416. The summed E-state index contributed by atoms with van der Waals surface area (Å²) >= 11 is 1.61. The van der Waals surface area contributed by atoms with Crippen molar-refractivity contribution < 1.29 is 4.74 Å². The van der Waals surface area contributed by atoms with Crippen LogP contribution in [0.3, 0.4) is 0 Å². The Kier molecular flexibility index (Phi) is 5.00. The standard InChI is InChI=1S/C25H19N7OS/c1-33-22-12-18(4-5-19(22)17-13-28-29-14-17)30-23-6-7-26-24(32-23)16-3-2-15-10-21(31-20(15)11-16)25-27-8-9-34-25/h2-14,31H,1H3,(H,28,29)(H,26,30,32).